The average Bonchev–Trinajstić information content (AvgIpc) is 3.18. The lowest BCUT2D eigenvalue weighted by molar-refractivity contribution is -0.143. The zero-order chi connectivity index (χ0) is 42.2. The summed E-state index contributed by atoms with van der Waals surface area (Å²) in [5.41, 5.74) is 23.3. The Morgan fingerprint density at radius 2 is 1.34 bits per heavy atom. The number of fused-ring (bicyclic) bond motifs is 1. The number of phenols is 1. The molecule has 1 saturated heterocycles. The molecule has 1 aliphatic heterocycles. The third-order valence-corrected chi connectivity index (χ3v) is 10.6. The molecule has 4 atom stereocenters. The van der Waals surface area contributed by atoms with Crippen LogP contribution >= 0.6 is 22.6 Å². The topological polar surface area (TPSA) is 286 Å². The molecular formula is C40H54IN11O6. The van der Waals surface area contributed by atoms with Gasteiger partial charge in [0.2, 0.25) is 29.5 Å². The van der Waals surface area contributed by atoms with Crippen molar-refractivity contribution in [2.24, 2.45) is 32.9 Å². The van der Waals surface area contributed by atoms with Crippen molar-refractivity contribution in [1.82, 2.24) is 26.2 Å². The zero-order valence-electron chi connectivity index (χ0n) is 32.6. The largest absolute Gasteiger partial charge is 0.507 e. The summed E-state index contributed by atoms with van der Waals surface area (Å²) in [6.07, 6.45) is 3.18. The quantitative estimate of drug-likeness (QED) is 0.0444. The van der Waals surface area contributed by atoms with Crippen LogP contribution in [0.4, 0.5) is 0 Å². The number of nitrogens with two attached hydrogens (primary N) is 4. The van der Waals surface area contributed by atoms with E-state index in [4.69, 9.17) is 22.9 Å². The third kappa shape index (κ3) is 14.1. The summed E-state index contributed by atoms with van der Waals surface area (Å²) in [6.45, 7) is 1.85. The van der Waals surface area contributed by atoms with Crippen molar-refractivity contribution in [1.29, 1.82) is 0 Å². The van der Waals surface area contributed by atoms with Crippen LogP contribution in [-0.2, 0) is 36.8 Å². The monoisotopic (exact) mass is 911 g/mol. The number of hydrogen-bond donors (Lipinski definition) is 9. The minimum Gasteiger partial charge on any atom is -0.507 e. The van der Waals surface area contributed by atoms with Gasteiger partial charge in [-0.2, -0.15) is 0 Å². The number of phenolic OH excluding ortho intramolecular Hbond substituents is 1. The van der Waals surface area contributed by atoms with E-state index < -0.39 is 60.2 Å². The highest BCUT2D eigenvalue weighted by Crippen LogP contribution is 2.22. The number of benzene rings is 3. The van der Waals surface area contributed by atoms with E-state index >= 15 is 0 Å². The first kappa shape index (κ1) is 45.0. The van der Waals surface area contributed by atoms with Gasteiger partial charge in [-0.05, 0) is 89.2 Å². The number of aliphatic imine (C=N–C) groups is 2. The van der Waals surface area contributed by atoms with Crippen molar-refractivity contribution in [3.05, 3.63) is 75.4 Å². The van der Waals surface area contributed by atoms with E-state index in [1.54, 1.807) is 19.1 Å². The molecule has 58 heavy (non-hydrogen) atoms. The van der Waals surface area contributed by atoms with E-state index in [0.717, 1.165) is 22.8 Å². The number of hydrogen-bond acceptors (Lipinski definition) is 8. The molecule has 1 heterocycles. The van der Waals surface area contributed by atoms with E-state index in [1.165, 1.54) is 11.0 Å². The minimum atomic E-state index is -1.16. The molecule has 1 aliphatic rings. The summed E-state index contributed by atoms with van der Waals surface area (Å²) in [5.74, 6) is -3.13. The fraction of sp³-hybridized carbons (Fsp3) is 0.425. The van der Waals surface area contributed by atoms with E-state index in [2.05, 4.69) is 31.3 Å². The number of rotatable bonds is 15. The van der Waals surface area contributed by atoms with E-state index in [-0.39, 0.29) is 50.0 Å². The van der Waals surface area contributed by atoms with E-state index in [1.807, 2.05) is 65.1 Å². The van der Waals surface area contributed by atoms with Crippen molar-refractivity contribution in [2.45, 2.75) is 82.5 Å². The highest BCUT2D eigenvalue weighted by Gasteiger charge is 2.35. The Hall–Kier alpha value is -5.66. The molecule has 17 nitrogen and oxygen atoms in total. The summed E-state index contributed by atoms with van der Waals surface area (Å²) in [6, 6.07) is 13.8. The van der Waals surface area contributed by atoms with Crippen LogP contribution in [0, 0.1) is 3.57 Å². The molecule has 0 unspecified atom stereocenters. The van der Waals surface area contributed by atoms with Gasteiger partial charge in [-0.1, -0.05) is 61.4 Å². The van der Waals surface area contributed by atoms with Gasteiger partial charge in [0.25, 0.3) is 0 Å². The van der Waals surface area contributed by atoms with Gasteiger partial charge in [0.1, 0.15) is 29.9 Å². The van der Waals surface area contributed by atoms with Crippen molar-refractivity contribution in [3.63, 3.8) is 0 Å². The predicted octanol–water partition coefficient (Wildman–Crippen LogP) is 0.624. The molecule has 312 valence electrons. The zero-order valence-corrected chi connectivity index (χ0v) is 34.7. The molecule has 0 radical (unpaired) electrons. The van der Waals surface area contributed by atoms with Gasteiger partial charge in [0, 0.05) is 32.5 Å². The fourth-order valence-corrected chi connectivity index (χ4v) is 7.17. The Bertz CT molecular complexity index is 1990. The maximum atomic E-state index is 14.5. The number of unbranched alkanes of at least 4 members (excludes halogenated alkanes) is 3. The molecule has 3 aromatic carbocycles. The molecule has 3 aromatic rings. The number of nitrogens with zero attached hydrogens (tertiary/aromatic N) is 3. The van der Waals surface area contributed by atoms with Crippen LogP contribution in [-0.4, -0.2) is 102 Å². The van der Waals surface area contributed by atoms with Gasteiger partial charge in [-0.15, -0.1) is 0 Å². The summed E-state index contributed by atoms with van der Waals surface area (Å²) in [7, 11) is 0. The molecule has 13 N–H and O–H groups in total. The number of guanidine groups is 2. The third-order valence-electron chi connectivity index (χ3n) is 9.70. The lowest BCUT2D eigenvalue weighted by Gasteiger charge is -2.33. The maximum absolute atomic E-state index is 14.5. The predicted molar refractivity (Wildman–Crippen MR) is 231 cm³/mol. The first-order chi connectivity index (χ1) is 27.7. The summed E-state index contributed by atoms with van der Waals surface area (Å²) in [4.78, 5) is 79.5. The first-order valence-electron chi connectivity index (χ1n) is 19.3. The van der Waals surface area contributed by atoms with Gasteiger partial charge in [-0.25, -0.2) is 0 Å². The molecule has 18 heteroatoms. The van der Waals surface area contributed by atoms with Crippen LogP contribution in [0.15, 0.2) is 70.6 Å². The second-order valence-electron chi connectivity index (χ2n) is 14.2. The molecular weight excluding hydrogens is 857 g/mol. The molecule has 4 rings (SSSR count). The summed E-state index contributed by atoms with van der Waals surface area (Å²) < 4.78 is 0.545. The van der Waals surface area contributed by atoms with E-state index in [0.29, 0.717) is 41.4 Å². The number of carbonyl (C=O) groups excluding carboxylic acids is 5. The standard InChI is InChI=1S/C40H54IN11O6/c1-24-35(55)50-30(11-8-17-47-40(44)45)37(57)51-31(21-25-12-14-27-9-4-5-10-28(27)19-25)36(56)48-23-34(54)49-32(22-26-13-15-33(53)29(41)20-26)38(58)52(24)18-7-3-2-6-16-46-39(42)43/h4-5,9-10,12-15,19-20,24,30-32,53H,2-3,6-8,11,16-18,21-23H2,1H3,(H,48,56)(H,49,54)(H,50,55)(H,51,57)(H4,42,43,46)(H4,44,45,47)/t24-,30+,31+,32-/m1/s1. The van der Waals surface area contributed by atoms with Crippen molar-refractivity contribution >= 4 is 74.8 Å². The second kappa shape index (κ2) is 22.3. The SMILES string of the molecule is C[C@@H]1C(=O)N[C@@H](CCCN=C(N)N)C(=O)N[C@@H](Cc2ccc3ccccc3c2)C(=O)NCC(=O)N[C@H](Cc2ccc(O)c(I)c2)C(=O)N1CCCCCCN=C(N)N. The van der Waals surface area contributed by atoms with Gasteiger partial charge >= 0.3 is 0 Å². The van der Waals surface area contributed by atoms with Crippen LogP contribution in [0.3, 0.4) is 0 Å². The molecule has 5 amide bonds. The number of aromatic hydroxyl groups is 1. The molecule has 0 aliphatic carbocycles. The Labute approximate surface area is 351 Å². The Morgan fingerprint density at radius 3 is 2.05 bits per heavy atom. The normalized spacial score (nSPS) is 19.6. The highest BCUT2D eigenvalue weighted by atomic mass is 127. The van der Waals surface area contributed by atoms with Gasteiger partial charge in [-0.3, -0.25) is 34.0 Å². The van der Waals surface area contributed by atoms with Gasteiger partial charge < -0.3 is 54.2 Å². The second-order valence-corrected chi connectivity index (χ2v) is 15.4. The number of nitrogens with one attached hydrogen (secondary N) is 4. The average molecular weight is 912 g/mol. The minimum absolute atomic E-state index is 0.00613. The van der Waals surface area contributed by atoms with Crippen LogP contribution in [0.5, 0.6) is 5.75 Å². The number of amides is 5. The molecule has 0 saturated carbocycles. The lowest BCUT2D eigenvalue weighted by atomic mass is 10.0. The Kier molecular flexibility index (Phi) is 17.3. The highest BCUT2D eigenvalue weighted by molar-refractivity contribution is 14.1. The number of halogens is 1. The fourth-order valence-electron chi connectivity index (χ4n) is 6.59. The van der Waals surface area contributed by atoms with Crippen molar-refractivity contribution in [3.8, 4) is 5.75 Å². The summed E-state index contributed by atoms with van der Waals surface area (Å²) in [5, 5.41) is 23.1. The van der Waals surface area contributed by atoms with Crippen molar-refractivity contribution < 1.29 is 29.1 Å². The first-order valence-corrected chi connectivity index (χ1v) is 20.3. The van der Waals surface area contributed by atoms with Gasteiger partial charge in [0.15, 0.2) is 11.9 Å². The Balaban J connectivity index is 1.68. The maximum Gasteiger partial charge on any atom is 0.246 e. The Morgan fingerprint density at radius 1 is 0.724 bits per heavy atom. The van der Waals surface area contributed by atoms with Crippen molar-refractivity contribution in [2.75, 3.05) is 26.2 Å². The smallest absolute Gasteiger partial charge is 0.246 e. The van der Waals surface area contributed by atoms with Crippen LogP contribution in [0.2, 0.25) is 0 Å². The molecule has 1 fully saturated rings. The lowest BCUT2D eigenvalue weighted by Crippen LogP contribution is -2.58. The molecule has 0 bridgehead atoms. The summed E-state index contributed by atoms with van der Waals surface area (Å²) >= 11 is 1.97. The van der Waals surface area contributed by atoms with Gasteiger partial charge in [0.05, 0.1) is 10.1 Å². The van der Waals surface area contributed by atoms with Crippen LogP contribution < -0.4 is 44.2 Å². The van der Waals surface area contributed by atoms with Crippen LogP contribution in [0.25, 0.3) is 10.8 Å². The van der Waals surface area contributed by atoms with E-state index in [9.17, 15) is 29.1 Å². The number of carbonyl (C=O) groups is 5. The van der Waals surface area contributed by atoms with Crippen LogP contribution in [0.1, 0.15) is 56.6 Å². The molecule has 0 aromatic heterocycles. The molecule has 0 spiro atoms.